The van der Waals surface area contributed by atoms with Gasteiger partial charge in [0.25, 0.3) is 0 Å². The third kappa shape index (κ3) is 2.13. The van der Waals surface area contributed by atoms with Crippen LogP contribution < -0.4 is 5.32 Å². The summed E-state index contributed by atoms with van der Waals surface area (Å²) in [5, 5.41) is 5.39. The second-order valence-corrected chi connectivity index (χ2v) is 4.71. The smallest absolute Gasteiger partial charge is 0.0794 e. The SMILES string of the molecule is CNCC1(Cc2cscn2)CCOC1. The molecule has 1 N–H and O–H groups in total. The maximum Gasteiger partial charge on any atom is 0.0794 e. The number of nitrogens with one attached hydrogen (secondary N) is 1. The number of thiazole rings is 1. The van der Waals surface area contributed by atoms with Crippen LogP contribution in [0.25, 0.3) is 0 Å². The lowest BCUT2D eigenvalue weighted by molar-refractivity contribution is 0.150. The predicted octanol–water partition coefficient (Wildman–Crippen LogP) is 1.31. The first kappa shape index (κ1) is 10.1. The summed E-state index contributed by atoms with van der Waals surface area (Å²) in [5.41, 5.74) is 3.39. The molecule has 4 heteroatoms. The molecule has 1 aliphatic rings. The first-order valence-corrected chi connectivity index (χ1v) is 5.88. The lowest BCUT2D eigenvalue weighted by Crippen LogP contribution is -2.35. The highest BCUT2D eigenvalue weighted by Gasteiger charge is 2.34. The summed E-state index contributed by atoms with van der Waals surface area (Å²) in [7, 11) is 2.00. The molecule has 2 rings (SSSR count). The number of hydrogen-bond donors (Lipinski definition) is 1. The normalized spacial score (nSPS) is 26.9. The van der Waals surface area contributed by atoms with Crippen molar-refractivity contribution in [3.8, 4) is 0 Å². The molecule has 1 aromatic heterocycles. The summed E-state index contributed by atoms with van der Waals surface area (Å²) in [6.07, 6.45) is 2.18. The fraction of sp³-hybridized carbons (Fsp3) is 0.700. The van der Waals surface area contributed by atoms with Crippen LogP contribution in [0, 0.1) is 5.41 Å². The van der Waals surface area contributed by atoms with E-state index >= 15 is 0 Å². The van der Waals surface area contributed by atoms with Crippen LogP contribution in [0.1, 0.15) is 12.1 Å². The number of nitrogens with zero attached hydrogens (tertiary/aromatic N) is 1. The first-order valence-electron chi connectivity index (χ1n) is 4.94. The zero-order chi connectivity index (χ0) is 9.86. The topological polar surface area (TPSA) is 34.2 Å². The van der Waals surface area contributed by atoms with Gasteiger partial charge in [-0.15, -0.1) is 11.3 Å². The number of rotatable bonds is 4. The van der Waals surface area contributed by atoms with Crippen molar-refractivity contribution in [2.45, 2.75) is 12.8 Å². The van der Waals surface area contributed by atoms with Crippen LogP contribution in [0.2, 0.25) is 0 Å². The molecule has 0 radical (unpaired) electrons. The Morgan fingerprint density at radius 2 is 2.64 bits per heavy atom. The quantitative estimate of drug-likeness (QED) is 0.817. The molecule has 3 nitrogen and oxygen atoms in total. The summed E-state index contributed by atoms with van der Waals surface area (Å²) in [6, 6.07) is 0. The van der Waals surface area contributed by atoms with Gasteiger partial charge in [-0.1, -0.05) is 0 Å². The lowest BCUT2D eigenvalue weighted by atomic mass is 9.82. The van der Waals surface area contributed by atoms with Crippen molar-refractivity contribution >= 4 is 11.3 Å². The molecule has 1 aromatic rings. The third-order valence-corrected chi connectivity index (χ3v) is 3.41. The summed E-state index contributed by atoms with van der Waals surface area (Å²) in [5.74, 6) is 0. The maximum atomic E-state index is 5.50. The highest BCUT2D eigenvalue weighted by atomic mass is 32.1. The molecule has 1 saturated heterocycles. The summed E-state index contributed by atoms with van der Waals surface area (Å²) < 4.78 is 5.50. The van der Waals surface area contributed by atoms with Crippen LogP contribution in [-0.2, 0) is 11.2 Å². The minimum absolute atomic E-state index is 0.281. The molecule has 78 valence electrons. The van der Waals surface area contributed by atoms with E-state index in [0.717, 1.165) is 32.6 Å². The van der Waals surface area contributed by atoms with Crippen LogP contribution in [-0.4, -0.2) is 31.8 Å². The van der Waals surface area contributed by atoms with Crippen LogP contribution in [0.15, 0.2) is 10.9 Å². The van der Waals surface area contributed by atoms with E-state index in [4.69, 9.17) is 4.74 Å². The van der Waals surface area contributed by atoms with Crippen LogP contribution in [0.3, 0.4) is 0 Å². The molecular weight excluding hydrogens is 196 g/mol. The van der Waals surface area contributed by atoms with Crippen molar-refractivity contribution in [2.75, 3.05) is 26.8 Å². The van der Waals surface area contributed by atoms with Crippen molar-refractivity contribution < 1.29 is 4.74 Å². The summed E-state index contributed by atoms with van der Waals surface area (Å²) in [6.45, 7) is 2.78. The monoisotopic (exact) mass is 212 g/mol. The van der Waals surface area contributed by atoms with Crippen molar-refractivity contribution in [3.05, 3.63) is 16.6 Å². The zero-order valence-electron chi connectivity index (χ0n) is 8.45. The molecule has 0 aromatic carbocycles. The molecule has 0 bridgehead atoms. The van der Waals surface area contributed by atoms with Gasteiger partial charge in [-0.25, -0.2) is 4.98 Å². The van der Waals surface area contributed by atoms with Crippen molar-refractivity contribution in [2.24, 2.45) is 5.41 Å². The van der Waals surface area contributed by atoms with Gasteiger partial charge in [0.05, 0.1) is 17.8 Å². The molecule has 0 amide bonds. The standard InChI is InChI=1S/C10H16N2OS/c1-11-6-10(2-3-13-7-10)4-9-5-14-8-12-9/h5,8,11H,2-4,6-7H2,1H3. The van der Waals surface area contributed by atoms with Gasteiger partial charge in [-0.2, -0.15) is 0 Å². The van der Waals surface area contributed by atoms with Crippen LogP contribution >= 0.6 is 11.3 Å². The molecule has 0 spiro atoms. The van der Waals surface area contributed by atoms with Crippen molar-refractivity contribution in [3.63, 3.8) is 0 Å². The molecule has 1 aliphatic heterocycles. The van der Waals surface area contributed by atoms with E-state index in [-0.39, 0.29) is 5.41 Å². The average Bonchev–Trinajstić information content (AvgIpc) is 2.78. The summed E-state index contributed by atoms with van der Waals surface area (Å²) >= 11 is 1.67. The van der Waals surface area contributed by atoms with Crippen LogP contribution in [0.4, 0.5) is 0 Å². The van der Waals surface area contributed by atoms with Crippen molar-refractivity contribution in [1.29, 1.82) is 0 Å². The van der Waals surface area contributed by atoms with Crippen LogP contribution in [0.5, 0.6) is 0 Å². The molecule has 1 fully saturated rings. The van der Waals surface area contributed by atoms with E-state index in [2.05, 4.69) is 15.7 Å². The maximum absolute atomic E-state index is 5.50. The minimum Gasteiger partial charge on any atom is -0.381 e. The molecular formula is C10H16N2OS. The zero-order valence-corrected chi connectivity index (χ0v) is 9.27. The fourth-order valence-corrected chi connectivity index (χ4v) is 2.63. The van der Waals surface area contributed by atoms with Gasteiger partial charge in [0, 0.05) is 23.9 Å². The second-order valence-electron chi connectivity index (χ2n) is 3.99. The van der Waals surface area contributed by atoms with Gasteiger partial charge in [-0.3, -0.25) is 0 Å². The minimum atomic E-state index is 0.281. The van der Waals surface area contributed by atoms with Gasteiger partial charge >= 0.3 is 0 Å². The van der Waals surface area contributed by atoms with Gasteiger partial charge < -0.3 is 10.1 Å². The molecule has 1 unspecified atom stereocenters. The Bertz CT molecular complexity index is 268. The van der Waals surface area contributed by atoms with Gasteiger partial charge in [0.15, 0.2) is 0 Å². The Balaban J connectivity index is 2.04. The van der Waals surface area contributed by atoms with Gasteiger partial charge in [-0.05, 0) is 19.9 Å². The largest absolute Gasteiger partial charge is 0.381 e. The Labute approximate surface area is 88.5 Å². The Morgan fingerprint density at radius 1 is 1.71 bits per heavy atom. The van der Waals surface area contributed by atoms with Gasteiger partial charge in [0.1, 0.15) is 0 Å². The number of aromatic nitrogens is 1. The highest BCUT2D eigenvalue weighted by Crippen LogP contribution is 2.31. The predicted molar refractivity (Wildman–Crippen MR) is 57.6 cm³/mol. The van der Waals surface area contributed by atoms with Gasteiger partial charge in [0.2, 0.25) is 0 Å². The van der Waals surface area contributed by atoms with E-state index < -0.39 is 0 Å². The lowest BCUT2D eigenvalue weighted by Gasteiger charge is -2.25. The molecule has 0 saturated carbocycles. The highest BCUT2D eigenvalue weighted by molar-refractivity contribution is 7.07. The number of hydrogen-bond acceptors (Lipinski definition) is 4. The van der Waals surface area contributed by atoms with E-state index in [1.165, 1.54) is 5.69 Å². The first-order chi connectivity index (χ1) is 6.85. The molecule has 0 aliphatic carbocycles. The molecule has 1 atom stereocenters. The third-order valence-electron chi connectivity index (χ3n) is 2.78. The summed E-state index contributed by atoms with van der Waals surface area (Å²) in [4.78, 5) is 4.34. The Hall–Kier alpha value is -0.450. The van der Waals surface area contributed by atoms with Crippen molar-refractivity contribution in [1.82, 2.24) is 10.3 Å². The Morgan fingerprint density at radius 3 is 3.21 bits per heavy atom. The molecule has 14 heavy (non-hydrogen) atoms. The van der Waals surface area contributed by atoms with E-state index in [1.807, 2.05) is 12.6 Å². The number of ether oxygens (including phenoxy) is 1. The fourth-order valence-electron chi connectivity index (χ4n) is 2.07. The van der Waals surface area contributed by atoms with E-state index in [1.54, 1.807) is 11.3 Å². The van der Waals surface area contributed by atoms with E-state index in [0.29, 0.717) is 0 Å². The second kappa shape index (κ2) is 4.38. The van der Waals surface area contributed by atoms with E-state index in [9.17, 15) is 0 Å². The average molecular weight is 212 g/mol. The Kier molecular flexibility index (Phi) is 3.15. The molecule has 2 heterocycles.